The topological polar surface area (TPSA) is 16.4 Å². The summed E-state index contributed by atoms with van der Waals surface area (Å²) in [5, 5.41) is 12.3. The van der Waals surface area contributed by atoms with Crippen LogP contribution in [-0.2, 0) is 0 Å². The molecule has 0 fully saturated rings. The molecule has 2 nitrogen and oxygen atoms in total. The van der Waals surface area contributed by atoms with Gasteiger partial charge >= 0.3 is 0 Å². The van der Waals surface area contributed by atoms with E-state index in [2.05, 4.69) is 205 Å². The standard InChI is InChI=1S/C52H33NO/c1-2-9-34(10-3-1)38-14-8-15-44(30-38)53(45-26-28-50-49(33-45)48-31-39-12-4-5-13-40(39)32-51(48)54-50)43-24-21-35(22-25-43)41-23-27-47-42(29-41)20-19-37-18-17-36-11-6-7-16-46(36)52(37)47/h1-33H. The highest BCUT2D eigenvalue weighted by Crippen LogP contribution is 2.42. The van der Waals surface area contributed by atoms with Crippen molar-refractivity contribution in [3.8, 4) is 22.3 Å². The predicted octanol–water partition coefficient (Wildman–Crippen LogP) is 15.0. The lowest BCUT2D eigenvalue weighted by Gasteiger charge is -2.26. The predicted molar refractivity (Wildman–Crippen MR) is 229 cm³/mol. The summed E-state index contributed by atoms with van der Waals surface area (Å²) in [6.45, 7) is 0. The van der Waals surface area contributed by atoms with Crippen LogP contribution in [0.4, 0.5) is 17.1 Å². The van der Waals surface area contributed by atoms with Crippen LogP contribution < -0.4 is 4.90 Å². The highest BCUT2D eigenvalue weighted by Gasteiger charge is 2.17. The zero-order chi connectivity index (χ0) is 35.6. The molecule has 0 N–H and O–H groups in total. The first kappa shape index (κ1) is 30.5. The molecule has 0 bridgehead atoms. The maximum atomic E-state index is 6.41. The van der Waals surface area contributed by atoms with Crippen LogP contribution in [0.2, 0.25) is 0 Å². The molecule has 0 saturated carbocycles. The Morgan fingerprint density at radius 3 is 1.72 bits per heavy atom. The van der Waals surface area contributed by atoms with Gasteiger partial charge in [0, 0.05) is 27.8 Å². The van der Waals surface area contributed by atoms with Crippen LogP contribution in [0.1, 0.15) is 0 Å². The Bertz CT molecular complexity index is 3210. The van der Waals surface area contributed by atoms with Crippen molar-refractivity contribution in [2.24, 2.45) is 0 Å². The molecule has 2 heteroatoms. The Hall–Kier alpha value is -7.16. The average Bonchev–Trinajstić information content (AvgIpc) is 3.59. The van der Waals surface area contributed by atoms with Gasteiger partial charge in [-0.05, 0) is 126 Å². The molecule has 0 saturated heterocycles. The summed E-state index contributed by atoms with van der Waals surface area (Å²) < 4.78 is 6.41. The lowest BCUT2D eigenvalue weighted by molar-refractivity contribution is 0.669. The second kappa shape index (κ2) is 12.2. The van der Waals surface area contributed by atoms with Gasteiger partial charge in [-0.2, -0.15) is 0 Å². The maximum absolute atomic E-state index is 6.41. The van der Waals surface area contributed by atoms with Crippen LogP contribution >= 0.6 is 0 Å². The van der Waals surface area contributed by atoms with E-state index in [0.29, 0.717) is 0 Å². The molecule has 0 unspecified atom stereocenters. The summed E-state index contributed by atoms with van der Waals surface area (Å²) in [7, 11) is 0. The van der Waals surface area contributed by atoms with E-state index in [4.69, 9.17) is 4.42 Å². The minimum absolute atomic E-state index is 0.884. The lowest BCUT2D eigenvalue weighted by atomic mass is 9.94. The summed E-state index contributed by atoms with van der Waals surface area (Å²) >= 11 is 0. The van der Waals surface area contributed by atoms with Crippen LogP contribution in [-0.4, -0.2) is 0 Å². The molecule has 0 radical (unpaired) electrons. The van der Waals surface area contributed by atoms with Crippen molar-refractivity contribution < 1.29 is 4.42 Å². The second-order valence-corrected chi connectivity index (χ2v) is 14.2. The SMILES string of the molecule is c1ccc(-c2cccc(N(c3ccc(-c4ccc5c(ccc6ccc7ccccc7c65)c4)cc3)c3ccc4oc5cc6ccccc6cc5c4c3)c2)cc1. The Balaban J connectivity index is 1.04. The van der Waals surface area contributed by atoms with Crippen LogP contribution in [0.25, 0.3) is 87.3 Å². The largest absolute Gasteiger partial charge is 0.456 e. The number of furan rings is 1. The van der Waals surface area contributed by atoms with Gasteiger partial charge in [-0.1, -0.05) is 140 Å². The molecule has 252 valence electrons. The smallest absolute Gasteiger partial charge is 0.136 e. The number of rotatable bonds is 5. The van der Waals surface area contributed by atoms with Gasteiger partial charge in [0.15, 0.2) is 0 Å². The summed E-state index contributed by atoms with van der Waals surface area (Å²) in [5.41, 5.74) is 9.77. The van der Waals surface area contributed by atoms with E-state index in [0.717, 1.165) is 39.0 Å². The normalized spacial score (nSPS) is 11.7. The molecule has 0 aliphatic rings. The number of anilines is 3. The van der Waals surface area contributed by atoms with E-state index in [1.54, 1.807) is 0 Å². The minimum atomic E-state index is 0.884. The van der Waals surface area contributed by atoms with Crippen molar-refractivity contribution >= 4 is 82.1 Å². The van der Waals surface area contributed by atoms with E-state index >= 15 is 0 Å². The van der Waals surface area contributed by atoms with Crippen LogP contribution in [0.5, 0.6) is 0 Å². The highest BCUT2D eigenvalue weighted by atomic mass is 16.3. The van der Waals surface area contributed by atoms with Crippen LogP contribution in [0, 0.1) is 0 Å². The van der Waals surface area contributed by atoms with E-state index < -0.39 is 0 Å². The van der Waals surface area contributed by atoms with E-state index in [1.807, 2.05) is 0 Å². The van der Waals surface area contributed by atoms with Gasteiger partial charge < -0.3 is 9.32 Å². The average molecular weight is 688 g/mol. The molecule has 11 aromatic rings. The molecule has 0 spiro atoms. The molecular formula is C52H33NO. The van der Waals surface area contributed by atoms with Gasteiger partial charge in [-0.15, -0.1) is 0 Å². The summed E-state index contributed by atoms with van der Waals surface area (Å²) in [6, 6.07) is 72.4. The number of fused-ring (bicyclic) bond motifs is 9. The quantitative estimate of drug-likeness (QED) is 0.168. The minimum Gasteiger partial charge on any atom is -0.456 e. The van der Waals surface area contributed by atoms with Gasteiger partial charge in [0.25, 0.3) is 0 Å². The fourth-order valence-electron chi connectivity index (χ4n) is 8.31. The van der Waals surface area contributed by atoms with E-state index in [9.17, 15) is 0 Å². The molecule has 0 aliphatic heterocycles. The molecule has 54 heavy (non-hydrogen) atoms. The van der Waals surface area contributed by atoms with Crippen molar-refractivity contribution in [2.45, 2.75) is 0 Å². The Morgan fingerprint density at radius 2 is 0.870 bits per heavy atom. The van der Waals surface area contributed by atoms with E-state index in [1.165, 1.54) is 65.3 Å². The lowest BCUT2D eigenvalue weighted by Crippen LogP contribution is -2.10. The zero-order valence-corrected chi connectivity index (χ0v) is 29.4. The number of nitrogens with zero attached hydrogens (tertiary/aromatic N) is 1. The third-order valence-electron chi connectivity index (χ3n) is 11.0. The fourth-order valence-corrected chi connectivity index (χ4v) is 8.31. The summed E-state index contributed by atoms with van der Waals surface area (Å²) in [6.07, 6.45) is 0. The Kier molecular flexibility index (Phi) is 6.90. The molecular weight excluding hydrogens is 655 g/mol. The fraction of sp³-hybridized carbons (Fsp3) is 0. The monoisotopic (exact) mass is 687 g/mol. The van der Waals surface area contributed by atoms with Crippen molar-refractivity contribution in [3.05, 3.63) is 200 Å². The van der Waals surface area contributed by atoms with E-state index in [-0.39, 0.29) is 0 Å². The highest BCUT2D eigenvalue weighted by molar-refractivity contribution is 6.20. The van der Waals surface area contributed by atoms with Gasteiger partial charge in [0.05, 0.1) is 0 Å². The van der Waals surface area contributed by atoms with Crippen molar-refractivity contribution in [1.82, 2.24) is 0 Å². The van der Waals surface area contributed by atoms with Gasteiger partial charge in [-0.25, -0.2) is 0 Å². The first-order valence-corrected chi connectivity index (χ1v) is 18.5. The number of benzene rings is 10. The second-order valence-electron chi connectivity index (χ2n) is 14.2. The third-order valence-corrected chi connectivity index (χ3v) is 11.0. The number of hydrogen-bond acceptors (Lipinski definition) is 2. The first-order valence-electron chi connectivity index (χ1n) is 18.5. The van der Waals surface area contributed by atoms with Crippen LogP contribution in [0.15, 0.2) is 205 Å². The summed E-state index contributed by atoms with van der Waals surface area (Å²) in [5.74, 6) is 0. The van der Waals surface area contributed by atoms with Crippen molar-refractivity contribution in [3.63, 3.8) is 0 Å². The summed E-state index contributed by atoms with van der Waals surface area (Å²) in [4.78, 5) is 2.35. The molecule has 0 aliphatic carbocycles. The molecule has 1 heterocycles. The van der Waals surface area contributed by atoms with Gasteiger partial charge in [-0.3, -0.25) is 0 Å². The van der Waals surface area contributed by atoms with Gasteiger partial charge in [0.1, 0.15) is 11.2 Å². The van der Waals surface area contributed by atoms with Crippen molar-refractivity contribution in [1.29, 1.82) is 0 Å². The van der Waals surface area contributed by atoms with Crippen LogP contribution in [0.3, 0.4) is 0 Å². The Morgan fingerprint density at radius 1 is 0.278 bits per heavy atom. The molecule has 1 aromatic heterocycles. The molecule has 0 amide bonds. The molecule has 10 aromatic carbocycles. The Labute approximate surface area is 312 Å². The zero-order valence-electron chi connectivity index (χ0n) is 29.4. The van der Waals surface area contributed by atoms with Crippen molar-refractivity contribution in [2.75, 3.05) is 4.90 Å². The maximum Gasteiger partial charge on any atom is 0.136 e. The first-order chi connectivity index (χ1) is 26.7. The molecule has 0 atom stereocenters. The number of hydrogen-bond donors (Lipinski definition) is 0. The molecule has 11 rings (SSSR count). The third kappa shape index (κ3) is 5.03. The van der Waals surface area contributed by atoms with Gasteiger partial charge in [0.2, 0.25) is 0 Å².